The van der Waals surface area contributed by atoms with Gasteiger partial charge < -0.3 is 19.4 Å². The number of aliphatic hydroxyl groups excluding tert-OH is 1. The highest BCUT2D eigenvalue weighted by molar-refractivity contribution is 6.04. The largest absolute Gasteiger partial charge is 0.471 e. The lowest BCUT2D eigenvalue weighted by Crippen LogP contribution is -2.31. The van der Waals surface area contributed by atoms with Crippen molar-refractivity contribution in [2.45, 2.75) is 33.1 Å². The summed E-state index contributed by atoms with van der Waals surface area (Å²) in [5.41, 5.74) is 0. The van der Waals surface area contributed by atoms with Gasteiger partial charge in [-0.2, -0.15) is 0 Å². The standard InChI is InChI=1S/C9H18BN.C2H4O2.CH4O.CH2O/c1-8(2)7-9-3-5-11(10)6-4-9;1-4-2-3;2*1-2/h8-9H,3-7H2,1-2H3;2H,1H3;2H,1H3;1H2. The van der Waals surface area contributed by atoms with Gasteiger partial charge in [0.15, 0.2) is 7.98 Å². The van der Waals surface area contributed by atoms with E-state index in [0.717, 1.165) is 32.0 Å². The van der Waals surface area contributed by atoms with Crippen LogP contribution in [0.15, 0.2) is 0 Å². The second-order valence-electron chi connectivity index (χ2n) is 4.44. The van der Waals surface area contributed by atoms with Gasteiger partial charge in [0.05, 0.1) is 7.11 Å². The van der Waals surface area contributed by atoms with E-state index in [2.05, 4.69) is 18.6 Å². The SMILES string of the molecule is C=O.CO.COC=O.[B]N1CCC(CC(C)C)CC1. The molecule has 0 saturated carbocycles. The Labute approximate surface area is 118 Å². The molecule has 2 radical (unpaired) electrons. The Morgan fingerprint density at radius 3 is 2.00 bits per heavy atom. The van der Waals surface area contributed by atoms with Gasteiger partial charge in [-0.1, -0.05) is 13.8 Å². The number of carbonyl (C=O) groups excluding carboxylic acids is 2. The maximum atomic E-state index is 8.95. The van der Waals surface area contributed by atoms with E-state index in [1.165, 1.54) is 26.4 Å². The van der Waals surface area contributed by atoms with Crippen LogP contribution in [-0.2, 0) is 14.3 Å². The predicted octanol–water partition coefficient (Wildman–Crippen LogP) is 1.04. The molecule has 1 aliphatic heterocycles. The van der Waals surface area contributed by atoms with Gasteiger partial charge in [-0.25, -0.2) is 0 Å². The van der Waals surface area contributed by atoms with Crippen molar-refractivity contribution >= 4 is 21.2 Å². The van der Waals surface area contributed by atoms with Crippen molar-refractivity contribution in [1.29, 1.82) is 0 Å². The molecule has 19 heavy (non-hydrogen) atoms. The topological polar surface area (TPSA) is 66.8 Å². The number of methoxy groups -OCH3 is 1. The molecule has 1 aliphatic rings. The Bertz CT molecular complexity index is 174. The number of hydrogen-bond acceptors (Lipinski definition) is 5. The van der Waals surface area contributed by atoms with Crippen molar-refractivity contribution in [3.63, 3.8) is 0 Å². The molecular weight excluding hydrogens is 245 g/mol. The molecule has 112 valence electrons. The minimum absolute atomic E-state index is 0.375. The summed E-state index contributed by atoms with van der Waals surface area (Å²) in [5, 5.41) is 7.00. The second kappa shape index (κ2) is 19.5. The number of ether oxygens (including phenoxy) is 1. The third kappa shape index (κ3) is 19.6. The molecule has 0 aromatic carbocycles. The number of piperidine rings is 1. The molecule has 0 atom stereocenters. The Morgan fingerprint density at radius 2 is 1.74 bits per heavy atom. The van der Waals surface area contributed by atoms with Gasteiger partial charge in [-0.05, 0) is 44.2 Å². The van der Waals surface area contributed by atoms with Gasteiger partial charge >= 0.3 is 0 Å². The van der Waals surface area contributed by atoms with Crippen molar-refractivity contribution in [3.8, 4) is 0 Å². The molecule has 1 heterocycles. The molecule has 1 fully saturated rings. The van der Waals surface area contributed by atoms with E-state index < -0.39 is 0 Å². The quantitative estimate of drug-likeness (QED) is 0.614. The zero-order valence-corrected chi connectivity index (χ0v) is 12.7. The minimum Gasteiger partial charge on any atom is -0.471 e. The maximum Gasteiger partial charge on any atom is 0.292 e. The highest BCUT2D eigenvalue weighted by Gasteiger charge is 2.16. The van der Waals surface area contributed by atoms with Gasteiger partial charge in [0.25, 0.3) is 6.47 Å². The molecule has 1 saturated heterocycles. The summed E-state index contributed by atoms with van der Waals surface area (Å²) in [6.45, 7) is 9.17. The van der Waals surface area contributed by atoms with Crippen LogP contribution >= 0.6 is 0 Å². The van der Waals surface area contributed by atoms with E-state index in [1.54, 1.807) is 0 Å². The predicted molar refractivity (Wildman–Crippen MR) is 77.8 cm³/mol. The number of rotatable bonds is 3. The zero-order valence-electron chi connectivity index (χ0n) is 12.7. The van der Waals surface area contributed by atoms with E-state index >= 15 is 0 Å². The zero-order chi connectivity index (χ0) is 15.7. The van der Waals surface area contributed by atoms with Gasteiger partial charge in [-0.15, -0.1) is 0 Å². The summed E-state index contributed by atoms with van der Waals surface area (Å²) in [5.74, 6) is 1.79. The van der Waals surface area contributed by atoms with Crippen LogP contribution < -0.4 is 0 Å². The molecule has 0 aromatic heterocycles. The summed E-state index contributed by atoms with van der Waals surface area (Å²) in [6, 6.07) is 0. The average Bonchev–Trinajstić information content (AvgIpc) is 2.45. The van der Waals surface area contributed by atoms with Crippen molar-refractivity contribution < 1.29 is 19.4 Å². The molecule has 1 N–H and O–H groups in total. The summed E-state index contributed by atoms with van der Waals surface area (Å²) in [6.07, 6.45) is 3.98. The number of aliphatic hydroxyl groups is 1. The molecule has 0 bridgehead atoms. The summed E-state index contributed by atoms with van der Waals surface area (Å²) in [7, 11) is 7.97. The molecule has 0 amide bonds. The van der Waals surface area contributed by atoms with Crippen LogP contribution in [0, 0.1) is 11.8 Å². The normalized spacial score (nSPS) is 14.8. The van der Waals surface area contributed by atoms with Crippen LogP contribution in [0.1, 0.15) is 33.1 Å². The minimum atomic E-state index is 0.375. The van der Waals surface area contributed by atoms with Crippen LogP contribution in [0.2, 0.25) is 0 Å². The van der Waals surface area contributed by atoms with Gasteiger partial charge in [-0.3, -0.25) is 4.79 Å². The van der Waals surface area contributed by atoms with Crippen molar-refractivity contribution in [2.75, 3.05) is 27.3 Å². The number of carbonyl (C=O) groups is 2. The molecule has 0 unspecified atom stereocenters. The molecule has 0 aromatic rings. The highest BCUT2D eigenvalue weighted by Crippen LogP contribution is 2.22. The first-order chi connectivity index (χ1) is 9.10. The van der Waals surface area contributed by atoms with Crippen molar-refractivity contribution in [1.82, 2.24) is 4.81 Å². The molecule has 0 spiro atoms. The first-order valence-electron chi connectivity index (χ1n) is 6.29. The Balaban J connectivity index is -0.000000271. The third-order valence-corrected chi connectivity index (χ3v) is 2.55. The van der Waals surface area contributed by atoms with E-state index in [0.29, 0.717) is 6.47 Å². The Hall–Kier alpha value is -0.875. The monoisotopic (exact) mass is 273 g/mol. The summed E-state index contributed by atoms with van der Waals surface area (Å²) >= 11 is 0. The smallest absolute Gasteiger partial charge is 0.292 e. The van der Waals surface area contributed by atoms with E-state index in [4.69, 9.17) is 22.7 Å². The highest BCUT2D eigenvalue weighted by atomic mass is 16.5. The fraction of sp³-hybridized carbons (Fsp3) is 0.846. The van der Waals surface area contributed by atoms with Crippen LogP contribution in [0.25, 0.3) is 0 Å². The fourth-order valence-corrected chi connectivity index (χ4v) is 1.86. The lowest BCUT2D eigenvalue weighted by Gasteiger charge is -2.30. The number of nitrogens with zero attached hydrogens (tertiary/aromatic N) is 1. The molecular formula is C13H28BNO4. The van der Waals surface area contributed by atoms with Crippen LogP contribution in [0.4, 0.5) is 0 Å². The Morgan fingerprint density at radius 1 is 1.37 bits per heavy atom. The summed E-state index contributed by atoms with van der Waals surface area (Å²) in [4.78, 5) is 18.9. The molecule has 5 nitrogen and oxygen atoms in total. The maximum absolute atomic E-state index is 8.95. The average molecular weight is 273 g/mol. The van der Waals surface area contributed by atoms with E-state index in [1.807, 2.05) is 11.6 Å². The van der Waals surface area contributed by atoms with Gasteiger partial charge in [0.2, 0.25) is 0 Å². The molecule has 1 rings (SSSR count). The van der Waals surface area contributed by atoms with Gasteiger partial charge in [0, 0.05) is 7.11 Å². The summed E-state index contributed by atoms with van der Waals surface area (Å²) < 4.78 is 3.86. The van der Waals surface area contributed by atoms with Crippen molar-refractivity contribution in [3.05, 3.63) is 0 Å². The fourth-order valence-electron chi connectivity index (χ4n) is 1.86. The van der Waals surface area contributed by atoms with Gasteiger partial charge in [0.1, 0.15) is 6.79 Å². The molecule has 6 heteroatoms. The van der Waals surface area contributed by atoms with Crippen molar-refractivity contribution in [2.24, 2.45) is 11.8 Å². The lowest BCUT2D eigenvalue weighted by atomic mass is 9.88. The lowest BCUT2D eigenvalue weighted by molar-refractivity contribution is -0.126. The first-order valence-corrected chi connectivity index (χ1v) is 6.29. The van der Waals surface area contributed by atoms with Crippen LogP contribution in [0.5, 0.6) is 0 Å². The van der Waals surface area contributed by atoms with Crippen LogP contribution in [-0.4, -0.2) is 58.5 Å². The number of hydrogen-bond donors (Lipinski definition) is 1. The third-order valence-electron chi connectivity index (χ3n) is 2.55. The van der Waals surface area contributed by atoms with Crippen LogP contribution in [0.3, 0.4) is 0 Å². The Kier molecular flexibility index (Phi) is 23.8. The second-order valence-corrected chi connectivity index (χ2v) is 4.44. The van der Waals surface area contributed by atoms with E-state index in [9.17, 15) is 0 Å². The first kappa shape index (κ1) is 23.2. The van der Waals surface area contributed by atoms with E-state index in [-0.39, 0.29) is 0 Å². The molecule has 0 aliphatic carbocycles.